The Kier molecular flexibility index (Phi) is 15.7. The van der Waals surface area contributed by atoms with E-state index in [9.17, 15) is 4.79 Å². The average Bonchev–Trinajstić information content (AvgIpc) is 3.19. The number of thiophene rings is 1. The zero-order chi connectivity index (χ0) is 18.7. The van der Waals surface area contributed by atoms with Gasteiger partial charge in [0.1, 0.15) is 0 Å². The Hall–Kier alpha value is -0.830. The number of rotatable bonds is 18. The standard InChI is InChI=1S/C23H40O2S/c1-2-3-4-5-6-7-8-9-10-11-12-13-14-15-16-17-19-25-23(24)22-18-20-26-21-22/h18,20-21H,2-17,19H2,1H3. The highest BCUT2D eigenvalue weighted by atomic mass is 32.1. The molecule has 0 atom stereocenters. The van der Waals surface area contributed by atoms with Crippen molar-refractivity contribution in [1.82, 2.24) is 0 Å². The number of unbranched alkanes of at least 4 members (excludes halogenated alkanes) is 15. The van der Waals surface area contributed by atoms with Crippen molar-refractivity contribution in [3.05, 3.63) is 22.4 Å². The lowest BCUT2D eigenvalue weighted by Crippen LogP contribution is -2.05. The highest BCUT2D eigenvalue weighted by molar-refractivity contribution is 7.08. The smallest absolute Gasteiger partial charge is 0.338 e. The van der Waals surface area contributed by atoms with Crippen molar-refractivity contribution in [1.29, 1.82) is 0 Å². The highest BCUT2D eigenvalue weighted by Crippen LogP contribution is 2.14. The van der Waals surface area contributed by atoms with Gasteiger partial charge in [0.25, 0.3) is 0 Å². The fraction of sp³-hybridized carbons (Fsp3) is 0.783. The molecule has 0 fully saturated rings. The van der Waals surface area contributed by atoms with Gasteiger partial charge in [-0.15, -0.1) is 0 Å². The summed E-state index contributed by atoms with van der Waals surface area (Å²) in [7, 11) is 0. The molecule has 0 bridgehead atoms. The number of esters is 1. The van der Waals surface area contributed by atoms with Crippen LogP contribution in [0.2, 0.25) is 0 Å². The van der Waals surface area contributed by atoms with Crippen LogP contribution < -0.4 is 0 Å². The first-order chi connectivity index (χ1) is 12.8. The largest absolute Gasteiger partial charge is 0.462 e. The molecule has 150 valence electrons. The molecule has 0 amide bonds. The fourth-order valence-corrected chi connectivity index (χ4v) is 3.90. The van der Waals surface area contributed by atoms with E-state index in [-0.39, 0.29) is 5.97 Å². The van der Waals surface area contributed by atoms with E-state index in [1.54, 1.807) is 0 Å². The van der Waals surface area contributed by atoms with Crippen LogP contribution in [0.5, 0.6) is 0 Å². The Morgan fingerprint density at radius 1 is 0.769 bits per heavy atom. The predicted molar refractivity (Wildman–Crippen MR) is 114 cm³/mol. The molecule has 1 rings (SSSR count). The molecule has 1 heterocycles. The summed E-state index contributed by atoms with van der Waals surface area (Å²) in [5, 5.41) is 3.75. The van der Waals surface area contributed by atoms with Crippen molar-refractivity contribution >= 4 is 17.3 Å². The number of hydrogen-bond acceptors (Lipinski definition) is 3. The van der Waals surface area contributed by atoms with E-state index >= 15 is 0 Å². The average molecular weight is 381 g/mol. The molecule has 0 spiro atoms. The molecule has 1 aromatic heterocycles. The lowest BCUT2D eigenvalue weighted by molar-refractivity contribution is 0.0498. The van der Waals surface area contributed by atoms with Crippen molar-refractivity contribution in [2.24, 2.45) is 0 Å². The fourth-order valence-electron chi connectivity index (χ4n) is 3.28. The summed E-state index contributed by atoms with van der Waals surface area (Å²) in [6.07, 6.45) is 21.8. The van der Waals surface area contributed by atoms with E-state index in [0.29, 0.717) is 12.2 Å². The van der Waals surface area contributed by atoms with Crippen molar-refractivity contribution in [2.75, 3.05) is 6.61 Å². The molecule has 0 aliphatic heterocycles. The molecule has 3 heteroatoms. The van der Waals surface area contributed by atoms with E-state index in [4.69, 9.17) is 4.74 Å². The van der Waals surface area contributed by atoms with Gasteiger partial charge >= 0.3 is 5.97 Å². The maximum atomic E-state index is 11.7. The third-order valence-corrected chi connectivity index (χ3v) is 5.67. The van der Waals surface area contributed by atoms with Crippen molar-refractivity contribution < 1.29 is 9.53 Å². The van der Waals surface area contributed by atoms with E-state index in [0.717, 1.165) is 6.42 Å². The van der Waals surface area contributed by atoms with Crippen LogP contribution in [0.25, 0.3) is 0 Å². The quantitative estimate of drug-likeness (QED) is 0.190. The van der Waals surface area contributed by atoms with E-state index < -0.39 is 0 Å². The molecule has 0 unspecified atom stereocenters. The summed E-state index contributed by atoms with van der Waals surface area (Å²) in [4.78, 5) is 11.7. The monoisotopic (exact) mass is 380 g/mol. The van der Waals surface area contributed by atoms with Gasteiger partial charge < -0.3 is 4.74 Å². The third-order valence-electron chi connectivity index (χ3n) is 4.99. The first kappa shape index (κ1) is 23.2. The van der Waals surface area contributed by atoms with E-state index in [1.807, 2.05) is 16.8 Å². The summed E-state index contributed by atoms with van der Waals surface area (Å²) in [5.74, 6) is -0.174. The maximum Gasteiger partial charge on any atom is 0.338 e. The highest BCUT2D eigenvalue weighted by Gasteiger charge is 2.06. The van der Waals surface area contributed by atoms with Gasteiger partial charge in [0, 0.05) is 5.38 Å². The lowest BCUT2D eigenvalue weighted by Gasteiger charge is -2.04. The zero-order valence-corrected chi connectivity index (χ0v) is 17.8. The van der Waals surface area contributed by atoms with Gasteiger partial charge in [-0.05, 0) is 17.9 Å². The van der Waals surface area contributed by atoms with Crippen LogP contribution in [0.1, 0.15) is 120 Å². The minimum absolute atomic E-state index is 0.174. The van der Waals surface area contributed by atoms with Crippen molar-refractivity contribution in [3.63, 3.8) is 0 Å². The second kappa shape index (κ2) is 17.6. The molecule has 0 aromatic carbocycles. The lowest BCUT2D eigenvalue weighted by atomic mass is 10.0. The summed E-state index contributed by atoms with van der Waals surface area (Å²) < 4.78 is 5.27. The van der Waals surface area contributed by atoms with Crippen LogP contribution in [-0.2, 0) is 4.74 Å². The summed E-state index contributed by atoms with van der Waals surface area (Å²) in [5.41, 5.74) is 0.687. The number of carbonyl (C=O) groups is 1. The number of hydrogen-bond donors (Lipinski definition) is 0. The number of ether oxygens (including phenoxy) is 1. The zero-order valence-electron chi connectivity index (χ0n) is 17.0. The Bertz CT molecular complexity index is 414. The first-order valence-corrected chi connectivity index (χ1v) is 12.0. The van der Waals surface area contributed by atoms with Crippen LogP contribution in [0, 0.1) is 0 Å². The molecule has 0 aliphatic rings. The van der Waals surface area contributed by atoms with Crippen LogP contribution in [0.3, 0.4) is 0 Å². The topological polar surface area (TPSA) is 26.3 Å². The van der Waals surface area contributed by atoms with Crippen molar-refractivity contribution in [3.8, 4) is 0 Å². The van der Waals surface area contributed by atoms with Gasteiger partial charge in [-0.3, -0.25) is 0 Å². The second-order valence-electron chi connectivity index (χ2n) is 7.45. The molecular weight excluding hydrogens is 340 g/mol. The van der Waals surface area contributed by atoms with E-state index in [2.05, 4.69) is 6.92 Å². The Morgan fingerprint density at radius 2 is 1.23 bits per heavy atom. The van der Waals surface area contributed by atoms with Gasteiger partial charge in [0.15, 0.2) is 0 Å². The molecule has 0 saturated heterocycles. The molecule has 1 aromatic rings. The first-order valence-electron chi connectivity index (χ1n) is 11.0. The molecule has 26 heavy (non-hydrogen) atoms. The second-order valence-corrected chi connectivity index (χ2v) is 8.23. The van der Waals surface area contributed by atoms with Crippen LogP contribution in [0.4, 0.5) is 0 Å². The predicted octanol–water partition coefficient (Wildman–Crippen LogP) is 8.17. The summed E-state index contributed by atoms with van der Waals surface area (Å²) in [6.45, 7) is 2.84. The van der Waals surface area contributed by atoms with Crippen LogP contribution >= 0.6 is 11.3 Å². The molecule has 0 N–H and O–H groups in total. The van der Waals surface area contributed by atoms with Gasteiger partial charge in [0.2, 0.25) is 0 Å². The molecular formula is C23H40O2S. The van der Waals surface area contributed by atoms with Gasteiger partial charge in [-0.2, -0.15) is 11.3 Å². The minimum atomic E-state index is -0.174. The summed E-state index contributed by atoms with van der Waals surface area (Å²) >= 11 is 1.53. The normalized spacial score (nSPS) is 11.0. The Morgan fingerprint density at radius 3 is 1.65 bits per heavy atom. The van der Waals surface area contributed by atoms with Crippen molar-refractivity contribution in [2.45, 2.75) is 110 Å². The third kappa shape index (κ3) is 13.4. The van der Waals surface area contributed by atoms with E-state index in [1.165, 1.54) is 108 Å². The molecule has 0 aliphatic carbocycles. The molecule has 0 saturated carbocycles. The minimum Gasteiger partial charge on any atom is -0.462 e. The summed E-state index contributed by atoms with van der Waals surface area (Å²) in [6, 6.07) is 1.82. The van der Waals surface area contributed by atoms with Crippen LogP contribution in [-0.4, -0.2) is 12.6 Å². The Labute approximate surface area is 165 Å². The van der Waals surface area contributed by atoms with Gasteiger partial charge in [-0.25, -0.2) is 4.79 Å². The van der Waals surface area contributed by atoms with Gasteiger partial charge in [0.05, 0.1) is 12.2 Å². The van der Waals surface area contributed by atoms with Crippen LogP contribution in [0.15, 0.2) is 16.8 Å². The Balaban J connectivity index is 1.71. The maximum absolute atomic E-state index is 11.7. The number of carbonyl (C=O) groups excluding carboxylic acids is 1. The SMILES string of the molecule is CCCCCCCCCCCCCCCCCCOC(=O)c1ccsc1. The van der Waals surface area contributed by atoms with Gasteiger partial charge in [-0.1, -0.05) is 103 Å². The molecule has 0 radical (unpaired) electrons. The molecule has 2 nitrogen and oxygen atoms in total.